The fraction of sp³-hybridized carbons (Fsp3) is 0.333. The van der Waals surface area contributed by atoms with Crippen molar-refractivity contribution in [2.45, 2.75) is 45.0 Å². The van der Waals surface area contributed by atoms with Crippen LogP contribution in [0.5, 0.6) is 0 Å². The number of hydrogen-bond donors (Lipinski definition) is 2. The smallest absolute Gasteiger partial charge is 0.411 e. The number of carbonyl (C=O) groups is 3. The lowest BCUT2D eigenvalue weighted by Gasteiger charge is -2.36. The number of aliphatic carboxylic acids is 1. The number of nitrogens with zero attached hydrogens (tertiary/aromatic N) is 2. The average molecular weight is 435 g/mol. The summed E-state index contributed by atoms with van der Waals surface area (Å²) in [5.41, 5.74) is 2.63. The first-order chi connectivity index (χ1) is 15.4. The molecule has 0 saturated heterocycles. The Kier molecular flexibility index (Phi) is 7.45. The zero-order valence-corrected chi connectivity index (χ0v) is 17.7. The Morgan fingerprint density at radius 1 is 1.16 bits per heavy atom. The van der Waals surface area contributed by atoms with Crippen LogP contribution in [-0.2, 0) is 33.9 Å². The van der Waals surface area contributed by atoms with E-state index in [-0.39, 0.29) is 26.0 Å². The van der Waals surface area contributed by atoms with Gasteiger partial charge in [0.05, 0.1) is 12.6 Å². The van der Waals surface area contributed by atoms with Gasteiger partial charge in [0.2, 0.25) is 5.91 Å². The van der Waals surface area contributed by atoms with Gasteiger partial charge in [0.25, 0.3) is 0 Å². The number of benzene rings is 2. The maximum Gasteiger partial charge on any atom is 0.411 e. The van der Waals surface area contributed by atoms with Crippen molar-refractivity contribution in [3.05, 3.63) is 71.3 Å². The van der Waals surface area contributed by atoms with E-state index in [0.29, 0.717) is 0 Å². The molecule has 32 heavy (non-hydrogen) atoms. The van der Waals surface area contributed by atoms with E-state index in [4.69, 9.17) is 10.00 Å². The molecule has 166 valence electrons. The number of carboxylic acids is 1. The topological polar surface area (TPSA) is 120 Å². The summed E-state index contributed by atoms with van der Waals surface area (Å²) in [6.45, 7) is 1.82. The van der Waals surface area contributed by atoms with Crippen molar-refractivity contribution in [2.75, 3.05) is 0 Å². The zero-order chi connectivity index (χ0) is 23.1. The third-order valence-corrected chi connectivity index (χ3v) is 5.54. The van der Waals surface area contributed by atoms with Gasteiger partial charge in [0.15, 0.2) is 0 Å². The molecule has 0 radical (unpaired) electrons. The van der Waals surface area contributed by atoms with E-state index in [2.05, 4.69) is 5.32 Å². The average Bonchev–Trinajstić information content (AvgIpc) is 2.80. The van der Waals surface area contributed by atoms with Crippen molar-refractivity contribution in [1.82, 2.24) is 10.2 Å². The number of hydrogen-bond acceptors (Lipinski definition) is 5. The molecule has 3 rings (SSSR count). The van der Waals surface area contributed by atoms with Gasteiger partial charge >= 0.3 is 12.1 Å². The molecule has 0 saturated carbocycles. The standard InChI is InChI=1S/C24H25N3O5/c1-16(11-12-25)21(23(29)30)26-22(28)20-13-18-9-5-6-10-19(18)14-27(20)24(31)32-15-17-7-3-2-4-8-17/h2-10,16,20-21H,11,13-15H2,1H3,(H,26,28)(H,29,30)/t16-,20-,21-/m0/s1. The first-order valence-electron chi connectivity index (χ1n) is 10.3. The fourth-order valence-electron chi connectivity index (χ4n) is 3.71. The number of nitriles is 1. The summed E-state index contributed by atoms with van der Waals surface area (Å²) in [6, 6.07) is 16.4. The summed E-state index contributed by atoms with van der Waals surface area (Å²) in [4.78, 5) is 39.0. The molecule has 0 unspecified atom stereocenters. The summed E-state index contributed by atoms with van der Waals surface area (Å²) in [5.74, 6) is -2.40. The first kappa shape index (κ1) is 22.8. The molecule has 0 bridgehead atoms. The second-order valence-electron chi connectivity index (χ2n) is 7.82. The lowest BCUT2D eigenvalue weighted by molar-refractivity contribution is -0.144. The van der Waals surface area contributed by atoms with Crippen LogP contribution in [0.15, 0.2) is 54.6 Å². The lowest BCUT2D eigenvalue weighted by atomic mass is 9.93. The van der Waals surface area contributed by atoms with Gasteiger partial charge < -0.3 is 15.2 Å². The van der Waals surface area contributed by atoms with Gasteiger partial charge in [-0.15, -0.1) is 0 Å². The Labute approximate surface area is 186 Å². The molecule has 8 heteroatoms. The van der Waals surface area contributed by atoms with Crippen molar-refractivity contribution in [1.29, 1.82) is 5.26 Å². The Balaban J connectivity index is 1.79. The van der Waals surface area contributed by atoms with Gasteiger partial charge in [-0.3, -0.25) is 9.69 Å². The van der Waals surface area contributed by atoms with Crippen LogP contribution >= 0.6 is 0 Å². The Morgan fingerprint density at radius 3 is 2.47 bits per heavy atom. The number of fused-ring (bicyclic) bond motifs is 1. The molecular formula is C24H25N3O5. The van der Waals surface area contributed by atoms with Crippen LogP contribution in [0.4, 0.5) is 4.79 Å². The SMILES string of the molecule is C[C@@H](CC#N)[C@H](NC(=O)[C@@H]1Cc2ccccc2CN1C(=O)OCc1ccccc1)C(=O)O. The Hall–Kier alpha value is -3.86. The summed E-state index contributed by atoms with van der Waals surface area (Å²) in [5, 5.41) is 21.0. The minimum absolute atomic E-state index is 0.0203. The lowest BCUT2D eigenvalue weighted by Crippen LogP contribution is -2.56. The summed E-state index contributed by atoms with van der Waals surface area (Å²) in [7, 11) is 0. The van der Waals surface area contributed by atoms with E-state index in [0.717, 1.165) is 16.7 Å². The molecule has 3 atom stereocenters. The first-order valence-corrected chi connectivity index (χ1v) is 10.3. The van der Waals surface area contributed by atoms with Gasteiger partial charge in [0, 0.05) is 18.8 Å². The molecule has 0 fully saturated rings. The van der Waals surface area contributed by atoms with E-state index in [9.17, 15) is 19.5 Å². The van der Waals surface area contributed by atoms with Crippen LogP contribution in [0, 0.1) is 17.2 Å². The number of amides is 2. The summed E-state index contributed by atoms with van der Waals surface area (Å²) in [6.07, 6.45) is -0.435. The van der Waals surface area contributed by atoms with Crippen molar-refractivity contribution in [2.24, 2.45) is 5.92 Å². The largest absolute Gasteiger partial charge is 0.480 e. The minimum atomic E-state index is -1.23. The maximum atomic E-state index is 13.1. The van der Waals surface area contributed by atoms with Crippen molar-refractivity contribution >= 4 is 18.0 Å². The summed E-state index contributed by atoms with van der Waals surface area (Å²) >= 11 is 0. The predicted octanol–water partition coefficient (Wildman–Crippen LogP) is 2.87. The van der Waals surface area contributed by atoms with Crippen LogP contribution in [0.3, 0.4) is 0 Å². The molecule has 1 aliphatic rings. The molecule has 0 aliphatic carbocycles. The van der Waals surface area contributed by atoms with E-state index >= 15 is 0 Å². The number of rotatable bonds is 7. The Bertz CT molecular complexity index is 1020. The normalized spacial score (nSPS) is 16.8. The molecule has 1 heterocycles. The quantitative estimate of drug-likeness (QED) is 0.690. The number of nitrogens with one attached hydrogen (secondary N) is 1. The van der Waals surface area contributed by atoms with Crippen molar-refractivity contribution in [3.8, 4) is 6.07 Å². The van der Waals surface area contributed by atoms with Gasteiger partial charge in [0.1, 0.15) is 18.7 Å². The van der Waals surface area contributed by atoms with Crippen LogP contribution in [0.2, 0.25) is 0 Å². The van der Waals surface area contributed by atoms with Gasteiger partial charge in [-0.2, -0.15) is 5.26 Å². The second-order valence-corrected chi connectivity index (χ2v) is 7.82. The van der Waals surface area contributed by atoms with Crippen LogP contribution < -0.4 is 5.32 Å². The van der Waals surface area contributed by atoms with Crippen LogP contribution in [0.1, 0.15) is 30.0 Å². The van der Waals surface area contributed by atoms with E-state index in [1.165, 1.54) is 4.90 Å². The van der Waals surface area contributed by atoms with Gasteiger partial charge in [-0.05, 0) is 16.7 Å². The Morgan fingerprint density at radius 2 is 1.81 bits per heavy atom. The molecular weight excluding hydrogens is 410 g/mol. The van der Waals surface area contributed by atoms with Gasteiger partial charge in [-0.25, -0.2) is 9.59 Å². The minimum Gasteiger partial charge on any atom is -0.480 e. The second kappa shape index (κ2) is 10.4. The molecule has 2 N–H and O–H groups in total. The number of carbonyl (C=O) groups excluding carboxylic acids is 2. The fourth-order valence-corrected chi connectivity index (χ4v) is 3.71. The number of carboxylic acid groups (broad SMARTS) is 1. The summed E-state index contributed by atoms with van der Waals surface area (Å²) < 4.78 is 5.45. The maximum absolute atomic E-state index is 13.1. The molecule has 0 aromatic heterocycles. The molecule has 2 aromatic carbocycles. The van der Waals surface area contributed by atoms with Crippen molar-refractivity contribution in [3.63, 3.8) is 0 Å². The number of ether oxygens (including phenoxy) is 1. The monoisotopic (exact) mass is 435 g/mol. The third kappa shape index (κ3) is 5.43. The highest BCUT2D eigenvalue weighted by atomic mass is 16.6. The van der Waals surface area contributed by atoms with Crippen LogP contribution in [-0.4, -0.2) is 40.1 Å². The van der Waals surface area contributed by atoms with Gasteiger partial charge in [-0.1, -0.05) is 61.5 Å². The molecule has 0 spiro atoms. The van der Waals surface area contributed by atoms with E-state index < -0.39 is 36.0 Å². The van der Waals surface area contributed by atoms with E-state index in [1.807, 2.05) is 60.7 Å². The molecule has 2 aromatic rings. The van der Waals surface area contributed by atoms with E-state index in [1.54, 1.807) is 6.92 Å². The highest BCUT2D eigenvalue weighted by Gasteiger charge is 2.38. The van der Waals surface area contributed by atoms with Crippen molar-refractivity contribution < 1.29 is 24.2 Å². The zero-order valence-electron chi connectivity index (χ0n) is 17.7. The molecule has 8 nitrogen and oxygen atoms in total. The predicted molar refractivity (Wildman–Crippen MR) is 115 cm³/mol. The third-order valence-electron chi connectivity index (χ3n) is 5.54. The molecule has 1 aliphatic heterocycles. The van der Waals surface area contributed by atoms with Crippen LogP contribution in [0.25, 0.3) is 0 Å². The highest BCUT2D eigenvalue weighted by molar-refractivity contribution is 5.90. The molecule has 2 amide bonds. The highest BCUT2D eigenvalue weighted by Crippen LogP contribution is 2.25.